The van der Waals surface area contributed by atoms with E-state index in [0.29, 0.717) is 12.5 Å². The standard InChI is InChI=1S/C16H30N6O2S.HI/c1-6-17-15(18-12-16(2,3)20-25(5,23)24)22-8-7-13(11-22)14-9-19-21(4)10-14;/h9-10,13,20H,6-8,11-12H2,1-5H3,(H,17,18);1H. The van der Waals surface area contributed by atoms with Crippen molar-refractivity contribution < 1.29 is 8.42 Å². The largest absolute Gasteiger partial charge is 0.357 e. The van der Waals surface area contributed by atoms with Crippen LogP contribution in [0.25, 0.3) is 0 Å². The number of aryl methyl sites for hydroxylation is 1. The van der Waals surface area contributed by atoms with Crippen molar-refractivity contribution in [3.05, 3.63) is 18.0 Å². The molecule has 0 radical (unpaired) electrons. The summed E-state index contributed by atoms with van der Waals surface area (Å²) in [6, 6.07) is 0. The van der Waals surface area contributed by atoms with Gasteiger partial charge in [0.2, 0.25) is 10.0 Å². The van der Waals surface area contributed by atoms with E-state index in [2.05, 4.69) is 31.2 Å². The molecule has 26 heavy (non-hydrogen) atoms. The summed E-state index contributed by atoms with van der Waals surface area (Å²) in [5.74, 6) is 1.27. The molecule has 2 heterocycles. The van der Waals surface area contributed by atoms with Crippen molar-refractivity contribution in [2.24, 2.45) is 12.0 Å². The number of hydrogen-bond donors (Lipinski definition) is 2. The van der Waals surface area contributed by atoms with Gasteiger partial charge in [-0.25, -0.2) is 13.1 Å². The smallest absolute Gasteiger partial charge is 0.209 e. The van der Waals surface area contributed by atoms with Crippen LogP contribution in [0.1, 0.15) is 38.7 Å². The first-order valence-electron chi connectivity index (χ1n) is 8.60. The van der Waals surface area contributed by atoms with E-state index in [1.54, 1.807) is 0 Å². The van der Waals surface area contributed by atoms with Gasteiger partial charge < -0.3 is 10.2 Å². The van der Waals surface area contributed by atoms with E-state index in [0.717, 1.165) is 32.0 Å². The topological polar surface area (TPSA) is 91.6 Å². The van der Waals surface area contributed by atoms with Crippen LogP contribution in [0.15, 0.2) is 17.4 Å². The lowest BCUT2D eigenvalue weighted by Crippen LogP contribution is -2.47. The lowest BCUT2D eigenvalue weighted by Gasteiger charge is -2.26. The minimum Gasteiger partial charge on any atom is -0.357 e. The van der Waals surface area contributed by atoms with Gasteiger partial charge >= 0.3 is 0 Å². The van der Waals surface area contributed by atoms with Crippen LogP contribution in [0.3, 0.4) is 0 Å². The Kier molecular flexibility index (Phi) is 8.33. The molecule has 1 saturated heterocycles. The maximum atomic E-state index is 11.5. The summed E-state index contributed by atoms with van der Waals surface area (Å²) in [5, 5.41) is 7.57. The number of likely N-dealkylation sites (tertiary alicyclic amines) is 1. The first-order valence-corrected chi connectivity index (χ1v) is 10.5. The highest BCUT2D eigenvalue weighted by Gasteiger charge is 2.28. The maximum Gasteiger partial charge on any atom is 0.209 e. The first kappa shape index (κ1) is 23.2. The normalized spacial score (nSPS) is 18.7. The number of rotatable bonds is 6. The predicted octanol–water partition coefficient (Wildman–Crippen LogP) is 1.12. The van der Waals surface area contributed by atoms with Crippen molar-refractivity contribution in [1.29, 1.82) is 0 Å². The van der Waals surface area contributed by atoms with Crippen molar-refractivity contribution in [3.8, 4) is 0 Å². The van der Waals surface area contributed by atoms with Crippen molar-refractivity contribution in [2.75, 3.05) is 32.4 Å². The van der Waals surface area contributed by atoms with Crippen molar-refractivity contribution in [1.82, 2.24) is 24.7 Å². The molecule has 8 nitrogen and oxygen atoms in total. The Balaban J connectivity index is 0.00000338. The molecule has 150 valence electrons. The van der Waals surface area contributed by atoms with Crippen LogP contribution < -0.4 is 10.0 Å². The third-order valence-electron chi connectivity index (χ3n) is 4.10. The molecule has 0 aromatic carbocycles. The third-order valence-corrected chi connectivity index (χ3v) is 5.03. The summed E-state index contributed by atoms with van der Waals surface area (Å²) in [5.41, 5.74) is 0.622. The lowest BCUT2D eigenvalue weighted by molar-refractivity contribution is 0.449. The van der Waals surface area contributed by atoms with Gasteiger partial charge in [-0.2, -0.15) is 5.10 Å². The molecule has 1 fully saturated rings. The molecule has 0 spiro atoms. The highest BCUT2D eigenvalue weighted by atomic mass is 127. The Morgan fingerprint density at radius 3 is 2.69 bits per heavy atom. The second-order valence-electron chi connectivity index (χ2n) is 7.31. The van der Waals surface area contributed by atoms with E-state index in [9.17, 15) is 8.42 Å². The molecule has 2 N–H and O–H groups in total. The van der Waals surface area contributed by atoms with Crippen LogP contribution in [0, 0.1) is 0 Å². The van der Waals surface area contributed by atoms with Gasteiger partial charge in [0, 0.05) is 44.3 Å². The molecule has 0 amide bonds. The quantitative estimate of drug-likeness (QED) is 0.349. The fourth-order valence-corrected chi connectivity index (χ4v) is 4.18. The van der Waals surface area contributed by atoms with Crippen LogP contribution in [-0.4, -0.2) is 67.0 Å². The SMILES string of the molecule is CCNC(=NCC(C)(C)NS(C)(=O)=O)N1CCC(c2cnn(C)c2)C1.I. The third kappa shape index (κ3) is 7.03. The molecule has 1 aliphatic heterocycles. The first-order chi connectivity index (χ1) is 11.6. The van der Waals surface area contributed by atoms with Gasteiger partial charge in [-0.3, -0.25) is 9.67 Å². The summed E-state index contributed by atoms with van der Waals surface area (Å²) >= 11 is 0. The number of nitrogens with zero attached hydrogens (tertiary/aromatic N) is 4. The summed E-state index contributed by atoms with van der Waals surface area (Å²) < 4.78 is 27.4. The van der Waals surface area contributed by atoms with E-state index in [1.165, 1.54) is 11.8 Å². The maximum absolute atomic E-state index is 11.5. The van der Waals surface area contributed by atoms with Crippen LogP contribution in [0.5, 0.6) is 0 Å². The molecular formula is C16H31IN6O2S. The zero-order chi connectivity index (χ0) is 18.7. The molecule has 0 aliphatic carbocycles. The van der Waals surface area contributed by atoms with Crippen LogP contribution in [0.4, 0.5) is 0 Å². The summed E-state index contributed by atoms with van der Waals surface area (Å²) in [7, 11) is -1.34. The van der Waals surface area contributed by atoms with Crippen LogP contribution in [-0.2, 0) is 17.1 Å². The summed E-state index contributed by atoms with van der Waals surface area (Å²) in [4.78, 5) is 6.90. The minimum absolute atomic E-state index is 0. The number of nitrogens with one attached hydrogen (secondary N) is 2. The van der Waals surface area contributed by atoms with Gasteiger partial charge in [0.05, 0.1) is 19.0 Å². The Labute approximate surface area is 173 Å². The minimum atomic E-state index is -3.27. The molecule has 0 bridgehead atoms. The van der Waals surface area contributed by atoms with Gasteiger partial charge in [0.1, 0.15) is 0 Å². The summed E-state index contributed by atoms with van der Waals surface area (Å²) in [6.07, 6.45) is 6.22. The summed E-state index contributed by atoms with van der Waals surface area (Å²) in [6.45, 7) is 8.66. The van der Waals surface area contributed by atoms with Gasteiger partial charge in [-0.05, 0) is 32.8 Å². The fraction of sp³-hybridized carbons (Fsp3) is 0.750. The van der Waals surface area contributed by atoms with Crippen molar-refractivity contribution >= 4 is 40.0 Å². The Morgan fingerprint density at radius 1 is 1.46 bits per heavy atom. The second-order valence-corrected chi connectivity index (χ2v) is 9.06. The van der Waals surface area contributed by atoms with E-state index in [4.69, 9.17) is 0 Å². The predicted molar refractivity (Wildman–Crippen MR) is 116 cm³/mol. The molecule has 1 aromatic heterocycles. The number of hydrogen-bond acceptors (Lipinski definition) is 4. The van der Waals surface area contributed by atoms with Gasteiger partial charge in [-0.15, -0.1) is 24.0 Å². The zero-order valence-electron chi connectivity index (χ0n) is 16.2. The molecular weight excluding hydrogens is 467 g/mol. The molecule has 0 saturated carbocycles. The highest BCUT2D eigenvalue weighted by molar-refractivity contribution is 14.0. The van der Waals surface area contributed by atoms with Crippen molar-refractivity contribution in [2.45, 2.75) is 38.6 Å². The monoisotopic (exact) mass is 498 g/mol. The van der Waals surface area contributed by atoms with Gasteiger partial charge in [0.15, 0.2) is 5.96 Å². The molecule has 2 rings (SSSR count). The highest BCUT2D eigenvalue weighted by Crippen LogP contribution is 2.26. The van der Waals surface area contributed by atoms with Gasteiger partial charge in [-0.1, -0.05) is 0 Å². The Hall–Kier alpha value is -0.880. The van der Waals surface area contributed by atoms with E-state index in [-0.39, 0.29) is 24.0 Å². The van der Waals surface area contributed by atoms with Crippen LogP contribution >= 0.6 is 24.0 Å². The van der Waals surface area contributed by atoms with Gasteiger partial charge in [0.25, 0.3) is 0 Å². The Morgan fingerprint density at radius 2 is 2.15 bits per heavy atom. The van der Waals surface area contributed by atoms with Crippen molar-refractivity contribution in [3.63, 3.8) is 0 Å². The lowest BCUT2D eigenvalue weighted by atomic mass is 10.0. The van der Waals surface area contributed by atoms with Crippen LogP contribution in [0.2, 0.25) is 0 Å². The number of aliphatic imine (C=N–C) groups is 1. The average Bonchev–Trinajstić information content (AvgIpc) is 3.09. The molecule has 1 aromatic rings. The molecule has 10 heteroatoms. The zero-order valence-corrected chi connectivity index (χ0v) is 19.3. The van der Waals surface area contributed by atoms with E-state index >= 15 is 0 Å². The number of guanidine groups is 1. The number of sulfonamides is 1. The average molecular weight is 498 g/mol. The molecule has 1 unspecified atom stereocenters. The van der Waals surface area contributed by atoms with E-state index in [1.807, 2.05) is 38.7 Å². The Bertz CT molecular complexity index is 716. The second kappa shape index (κ2) is 9.36. The van der Waals surface area contributed by atoms with E-state index < -0.39 is 15.6 Å². The fourth-order valence-electron chi connectivity index (χ4n) is 3.11. The number of halogens is 1. The number of aromatic nitrogens is 2. The molecule has 1 aliphatic rings. The molecule has 1 atom stereocenters.